The van der Waals surface area contributed by atoms with Gasteiger partial charge in [-0.3, -0.25) is 9.69 Å². The van der Waals surface area contributed by atoms with Crippen LogP contribution in [-0.4, -0.2) is 68.6 Å². The molecule has 8 nitrogen and oxygen atoms in total. The van der Waals surface area contributed by atoms with Crippen molar-refractivity contribution in [2.75, 3.05) is 33.3 Å². The average Bonchev–Trinajstić information content (AvgIpc) is 3.23. The van der Waals surface area contributed by atoms with E-state index in [9.17, 15) is 4.79 Å². The number of benzene rings is 1. The van der Waals surface area contributed by atoms with Gasteiger partial charge in [0.25, 0.3) is 5.78 Å². The fourth-order valence-corrected chi connectivity index (χ4v) is 4.05. The highest BCUT2D eigenvalue weighted by molar-refractivity contribution is 5.76. The molecule has 1 aliphatic rings. The molecule has 0 unspecified atom stereocenters. The molecule has 158 valence electrons. The van der Waals surface area contributed by atoms with Crippen LogP contribution in [0.5, 0.6) is 5.75 Å². The molecule has 1 fully saturated rings. The molecule has 2 aromatic heterocycles. The monoisotopic (exact) mass is 408 g/mol. The molecular weight excluding hydrogens is 380 g/mol. The van der Waals surface area contributed by atoms with E-state index in [0.29, 0.717) is 18.6 Å². The van der Waals surface area contributed by atoms with Crippen LogP contribution in [0.4, 0.5) is 0 Å². The van der Waals surface area contributed by atoms with E-state index in [-0.39, 0.29) is 5.91 Å². The van der Waals surface area contributed by atoms with Gasteiger partial charge in [-0.25, -0.2) is 9.50 Å². The van der Waals surface area contributed by atoms with E-state index in [0.717, 1.165) is 55.4 Å². The Morgan fingerprint density at radius 2 is 1.83 bits per heavy atom. The van der Waals surface area contributed by atoms with Gasteiger partial charge in [0.1, 0.15) is 12.1 Å². The Bertz CT molecular complexity index is 1020. The molecule has 0 saturated carbocycles. The molecule has 1 amide bonds. The van der Waals surface area contributed by atoms with Crippen molar-refractivity contribution >= 4 is 11.7 Å². The third-order valence-electron chi connectivity index (χ3n) is 5.87. The van der Waals surface area contributed by atoms with Crippen LogP contribution in [0.15, 0.2) is 30.6 Å². The number of hydrogen-bond donors (Lipinski definition) is 0. The van der Waals surface area contributed by atoms with E-state index in [1.54, 1.807) is 11.6 Å². The average molecular weight is 409 g/mol. The van der Waals surface area contributed by atoms with E-state index in [4.69, 9.17) is 4.74 Å². The quantitative estimate of drug-likeness (QED) is 0.621. The fourth-order valence-electron chi connectivity index (χ4n) is 4.05. The first kappa shape index (κ1) is 20.3. The van der Waals surface area contributed by atoms with Crippen LogP contribution in [0, 0.1) is 13.8 Å². The Kier molecular flexibility index (Phi) is 5.94. The lowest BCUT2D eigenvalue weighted by Crippen LogP contribution is -2.48. The highest BCUT2D eigenvalue weighted by Gasteiger charge is 2.22. The Balaban J connectivity index is 1.29. The molecule has 30 heavy (non-hydrogen) atoms. The predicted molar refractivity (Wildman–Crippen MR) is 113 cm³/mol. The highest BCUT2D eigenvalue weighted by Crippen LogP contribution is 2.17. The molecule has 3 aromatic rings. The van der Waals surface area contributed by atoms with E-state index in [1.165, 1.54) is 11.9 Å². The smallest absolute Gasteiger partial charge is 0.252 e. The number of amides is 1. The highest BCUT2D eigenvalue weighted by atomic mass is 16.5. The van der Waals surface area contributed by atoms with Crippen molar-refractivity contribution in [3.05, 3.63) is 53.1 Å². The molecule has 3 heterocycles. The number of methoxy groups -OCH3 is 1. The van der Waals surface area contributed by atoms with E-state index in [1.807, 2.05) is 30.9 Å². The SMILES string of the molecule is COc1ccc(CN2CCN(C(=O)CCc3c(C)nc4ncnn4c3C)CC2)cc1. The molecule has 1 saturated heterocycles. The van der Waals surface area contributed by atoms with Gasteiger partial charge in [0.2, 0.25) is 5.91 Å². The predicted octanol–water partition coefficient (Wildman–Crippen LogP) is 2.03. The molecule has 1 aliphatic heterocycles. The van der Waals surface area contributed by atoms with Gasteiger partial charge in [0.15, 0.2) is 0 Å². The summed E-state index contributed by atoms with van der Waals surface area (Å²) in [7, 11) is 1.68. The lowest BCUT2D eigenvalue weighted by Gasteiger charge is -2.35. The van der Waals surface area contributed by atoms with E-state index >= 15 is 0 Å². The van der Waals surface area contributed by atoms with Crippen LogP contribution < -0.4 is 4.74 Å². The van der Waals surface area contributed by atoms with Crippen molar-refractivity contribution in [2.45, 2.75) is 33.2 Å². The van der Waals surface area contributed by atoms with Crippen molar-refractivity contribution in [1.82, 2.24) is 29.4 Å². The molecule has 0 bridgehead atoms. The van der Waals surface area contributed by atoms with Gasteiger partial charge in [-0.2, -0.15) is 10.1 Å². The molecule has 0 aliphatic carbocycles. The summed E-state index contributed by atoms with van der Waals surface area (Å²) in [6.07, 6.45) is 2.67. The third kappa shape index (κ3) is 4.28. The standard InChI is InChI=1S/C22H28N6O2/c1-16-20(17(2)28-22(25-16)23-15-24-28)8-9-21(29)27-12-10-26(11-13-27)14-18-4-6-19(30-3)7-5-18/h4-7,15H,8-14H2,1-3H3. The molecule has 4 rings (SSSR count). The lowest BCUT2D eigenvalue weighted by molar-refractivity contribution is -0.133. The summed E-state index contributed by atoms with van der Waals surface area (Å²) < 4.78 is 6.96. The maximum Gasteiger partial charge on any atom is 0.252 e. The topological polar surface area (TPSA) is 75.9 Å². The molecule has 0 radical (unpaired) electrons. The zero-order valence-electron chi connectivity index (χ0n) is 17.8. The van der Waals surface area contributed by atoms with Crippen molar-refractivity contribution in [1.29, 1.82) is 0 Å². The van der Waals surface area contributed by atoms with Crippen LogP contribution in [-0.2, 0) is 17.8 Å². The first-order valence-corrected chi connectivity index (χ1v) is 10.3. The summed E-state index contributed by atoms with van der Waals surface area (Å²) in [6.45, 7) is 8.20. The van der Waals surface area contributed by atoms with Gasteiger partial charge < -0.3 is 9.64 Å². The number of piperazine rings is 1. The minimum atomic E-state index is 0.205. The van der Waals surface area contributed by atoms with Crippen LogP contribution in [0.2, 0.25) is 0 Å². The Hall–Kier alpha value is -3.00. The minimum Gasteiger partial charge on any atom is -0.497 e. The number of fused-ring (bicyclic) bond motifs is 1. The number of carbonyl (C=O) groups is 1. The molecule has 8 heteroatoms. The number of carbonyl (C=O) groups excluding carboxylic acids is 1. The maximum atomic E-state index is 12.8. The molecule has 1 aromatic carbocycles. The number of rotatable bonds is 6. The van der Waals surface area contributed by atoms with Gasteiger partial charge in [-0.05, 0) is 43.5 Å². The second-order valence-corrected chi connectivity index (χ2v) is 7.74. The third-order valence-corrected chi connectivity index (χ3v) is 5.87. The summed E-state index contributed by atoms with van der Waals surface area (Å²) >= 11 is 0. The molecule has 0 N–H and O–H groups in total. The van der Waals surface area contributed by atoms with Crippen molar-refractivity contribution in [3.8, 4) is 5.75 Å². The number of aromatic nitrogens is 4. The summed E-state index contributed by atoms with van der Waals surface area (Å²) in [5.74, 6) is 1.68. The van der Waals surface area contributed by atoms with Gasteiger partial charge in [-0.1, -0.05) is 12.1 Å². The fraction of sp³-hybridized carbons (Fsp3) is 0.455. The Labute approximate surface area is 176 Å². The van der Waals surface area contributed by atoms with Crippen LogP contribution in [0.1, 0.15) is 28.9 Å². The van der Waals surface area contributed by atoms with Gasteiger partial charge in [0, 0.05) is 50.5 Å². The summed E-state index contributed by atoms with van der Waals surface area (Å²) in [4.78, 5) is 25.8. The number of hydrogen-bond acceptors (Lipinski definition) is 6. The van der Waals surface area contributed by atoms with E-state index in [2.05, 4.69) is 32.1 Å². The molecular formula is C22H28N6O2. The lowest BCUT2D eigenvalue weighted by atomic mass is 10.1. The summed E-state index contributed by atoms with van der Waals surface area (Å²) in [6, 6.07) is 8.18. The largest absolute Gasteiger partial charge is 0.497 e. The number of nitrogens with zero attached hydrogens (tertiary/aromatic N) is 6. The zero-order chi connectivity index (χ0) is 21.1. The number of aryl methyl sites for hydroxylation is 2. The second kappa shape index (κ2) is 8.79. The number of ether oxygens (including phenoxy) is 1. The normalized spacial score (nSPS) is 15.0. The Morgan fingerprint density at radius 3 is 2.53 bits per heavy atom. The van der Waals surface area contributed by atoms with Crippen molar-refractivity contribution in [3.63, 3.8) is 0 Å². The summed E-state index contributed by atoms with van der Waals surface area (Å²) in [5.41, 5.74) is 4.27. The van der Waals surface area contributed by atoms with Crippen LogP contribution >= 0.6 is 0 Å². The first-order valence-electron chi connectivity index (χ1n) is 10.3. The van der Waals surface area contributed by atoms with E-state index < -0.39 is 0 Å². The zero-order valence-corrected chi connectivity index (χ0v) is 17.8. The Morgan fingerprint density at radius 1 is 1.10 bits per heavy atom. The second-order valence-electron chi connectivity index (χ2n) is 7.74. The van der Waals surface area contributed by atoms with Crippen molar-refractivity contribution < 1.29 is 9.53 Å². The first-order chi connectivity index (χ1) is 14.5. The van der Waals surface area contributed by atoms with Gasteiger partial charge >= 0.3 is 0 Å². The van der Waals surface area contributed by atoms with Gasteiger partial charge in [0.05, 0.1) is 7.11 Å². The minimum absolute atomic E-state index is 0.205. The van der Waals surface area contributed by atoms with Gasteiger partial charge in [-0.15, -0.1) is 0 Å². The molecule has 0 atom stereocenters. The maximum absolute atomic E-state index is 12.8. The summed E-state index contributed by atoms with van der Waals surface area (Å²) in [5, 5.41) is 4.22. The van der Waals surface area contributed by atoms with Crippen molar-refractivity contribution in [2.24, 2.45) is 0 Å². The molecule has 0 spiro atoms. The van der Waals surface area contributed by atoms with Crippen LogP contribution in [0.3, 0.4) is 0 Å². The van der Waals surface area contributed by atoms with Crippen LogP contribution in [0.25, 0.3) is 5.78 Å².